The number of rotatable bonds is 7. The van der Waals surface area contributed by atoms with E-state index in [1.54, 1.807) is 4.68 Å². The number of aryl methyl sites for hydroxylation is 1. The quantitative estimate of drug-likeness (QED) is 0.546. The number of benzene rings is 2. The Hall–Kier alpha value is -3.81. The van der Waals surface area contributed by atoms with Crippen LogP contribution >= 0.6 is 0 Å². The number of hydrogen-bond acceptors (Lipinski definition) is 6. The summed E-state index contributed by atoms with van der Waals surface area (Å²) in [6, 6.07) is 13.0. The molecule has 1 atom stereocenters. The number of carbonyl (C=O) groups excluding carboxylic acids is 1. The molecule has 172 valence electrons. The zero-order valence-electron chi connectivity index (χ0n) is 19.5. The normalized spacial score (nSPS) is 15.2. The third-order valence-corrected chi connectivity index (χ3v) is 5.26. The van der Waals surface area contributed by atoms with Crippen molar-refractivity contribution in [3.63, 3.8) is 0 Å². The van der Waals surface area contributed by atoms with E-state index in [9.17, 15) is 4.79 Å². The van der Waals surface area contributed by atoms with E-state index in [4.69, 9.17) is 9.47 Å². The van der Waals surface area contributed by atoms with Crippen LogP contribution in [-0.2, 0) is 4.79 Å². The Bertz CT molecular complexity index is 1200. The summed E-state index contributed by atoms with van der Waals surface area (Å²) in [6.45, 7) is 10.2. The third kappa shape index (κ3) is 4.69. The van der Waals surface area contributed by atoms with Crippen LogP contribution in [0.5, 0.6) is 11.5 Å². The molecule has 0 bridgehead atoms. The van der Waals surface area contributed by atoms with Gasteiger partial charge in [-0.2, -0.15) is 10.1 Å². The van der Waals surface area contributed by atoms with Crippen LogP contribution in [-0.4, -0.2) is 33.4 Å². The molecule has 8 heteroatoms. The van der Waals surface area contributed by atoms with E-state index in [1.165, 1.54) is 6.33 Å². The minimum atomic E-state index is -0.485. The maximum absolute atomic E-state index is 13.5. The van der Waals surface area contributed by atoms with Gasteiger partial charge in [-0.15, -0.1) is 0 Å². The molecule has 2 N–H and O–H groups in total. The van der Waals surface area contributed by atoms with Gasteiger partial charge in [0.25, 0.3) is 5.91 Å². The number of nitrogens with one attached hydrogen (secondary N) is 2. The van der Waals surface area contributed by atoms with Crippen LogP contribution in [0.2, 0.25) is 0 Å². The van der Waals surface area contributed by atoms with Gasteiger partial charge in [-0.25, -0.2) is 4.68 Å². The van der Waals surface area contributed by atoms with Crippen LogP contribution in [0.4, 0.5) is 11.6 Å². The van der Waals surface area contributed by atoms with Crippen molar-refractivity contribution in [1.29, 1.82) is 0 Å². The van der Waals surface area contributed by atoms with E-state index in [2.05, 4.69) is 20.7 Å². The highest BCUT2D eigenvalue weighted by Crippen LogP contribution is 2.39. The first-order valence-electron chi connectivity index (χ1n) is 11.1. The second-order valence-corrected chi connectivity index (χ2v) is 8.22. The summed E-state index contributed by atoms with van der Waals surface area (Å²) >= 11 is 0. The fraction of sp³-hybridized carbons (Fsp3) is 0.320. The first kappa shape index (κ1) is 22.4. The number of anilines is 2. The number of ether oxygens (including phenoxy) is 2. The van der Waals surface area contributed by atoms with Crippen molar-refractivity contribution in [3.8, 4) is 11.5 Å². The highest BCUT2D eigenvalue weighted by atomic mass is 16.5. The van der Waals surface area contributed by atoms with Crippen LogP contribution < -0.4 is 20.1 Å². The van der Waals surface area contributed by atoms with Crippen LogP contribution in [0.15, 0.2) is 60.1 Å². The highest BCUT2D eigenvalue weighted by Gasteiger charge is 2.34. The average Bonchev–Trinajstić information content (AvgIpc) is 3.22. The Kier molecular flexibility index (Phi) is 6.35. The van der Waals surface area contributed by atoms with Crippen LogP contribution in [0.1, 0.15) is 44.9 Å². The Morgan fingerprint density at radius 2 is 2.00 bits per heavy atom. The number of nitrogens with zero attached hydrogens (tertiary/aromatic N) is 3. The predicted molar refractivity (Wildman–Crippen MR) is 128 cm³/mol. The van der Waals surface area contributed by atoms with Crippen molar-refractivity contribution < 1.29 is 14.3 Å². The average molecular weight is 448 g/mol. The molecule has 2 heterocycles. The van der Waals surface area contributed by atoms with Gasteiger partial charge >= 0.3 is 0 Å². The van der Waals surface area contributed by atoms with Gasteiger partial charge in [0, 0.05) is 11.4 Å². The van der Waals surface area contributed by atoms with Gasteiger partial charge in [0.15, 0.2) is 11.5 Å². The van der Waals surface area contributed by atoms with E-state index < -0.39 is 6.04 Å². The van der Waals surface area contributed by atoms with E-state index in [1.807, 2.05) is 77.1 Å². The summed E-state index contributed by atoms with van der Waals surface area (Å²) in [5.74, 6) is 1.65. The lowest BCUT2D eigenvalue weighted by Crippen LogP contribution is -2.31. The molecule has 1 aromatic heterocycles. The minimum absolute atomic E-state index is 0.00802. The summed E-state index contributed by atoms with van der Waals surface area (Å²) in [5, 5.41) is 10.6. The molecule has 0 aliphatic carbocycles. The molecule has 0 saturated carbocycles. The standard InChI is InChI=1S/C25H29N5O3/c1-6-32-21-13-18(10-11-20(21)33-15(2)3)23-22(17(5)28-25-26-14-27-30(23)25)24(31)29-19-9-7-8-16(4)12-19/h7-15,23H,6H2,1-5H3,(H,29,31)(H,26,27,28). The van der Waals surface area contributed by atoms with Gasteiger partial charge in [0.2, 0.25) is 5.95 Å². The largest absolute Gasteiger partial charge is 0.490 e. The number of carbonyl (C=O) groups is 1. The highest BCUT2D eigenvalue weighted by molar-refractivity contribution is 6.06. The van der Waals surface area contributed by atoms with Gasteiger partial charge < -0.3 is 20.1 Å². The summed E-state index contributed by atoms with van der Waals surface area (Å²) in [7, 11) is 0. The van der Waals surface area contributed by atoms with Gasteiger partial charge in [-0.1, -0.05) is 18.2 Å². The van der Waals surface area contributed by atoms with Crippen LogP contribution in [0, 0.1) is 6.92 Å². The molecule has 0 radical (unpaired) electrons. The molecule has 1 unspecified atom stereocenters. The third-order valence-electron chi connectivity index (χ3n) is 5.26. The lowest BCUT2D eigenvalue weighted by molar-refractivity contribution is -0.113. The first-order chi connectivity index (χ1) is 15.9. The van der Waals surface area contributed by atoms with E-state index in [-0.39, 0.29) is 12.0 Å². The van der Waals surface area contributed by atoms with Gasteiger partial charge in [-0.3, -0.25) is 4.79 Å². The molecular weight excluding hydrogens is 418 g/mol. The lowest BCUT2D eigenvalue weighted by Gasteiger charge is -2.29. The van der Waals surface area contributed by atoms with Crippen molar-refractivity contribution in [3.05, 3.63) is 71.2 Å². The van der Waals surface area contributed by atoms with Crippen molar-refractivity contribution >= 4 is 17.5 Å². The summed E-state index contributed by atoms with van der Waals surface area (Å²) in [6.07, 6.45) is 1.48. The maximum atomic E-state index is 13.5. The first-order valence-corrected chi connectivity index (χ1v) is 11.1. The Morgan fingerprint density at radius 1 is 1.18 bits per heavy atom. The van der Waals surface area contributed by atoms with Crippen molar-refractivity contribution in [2.24, 2.45) is 0 Å². The van der Waals surface area contributed by atoms with Crippen molar-refractivity contribution in [1.82, 2.24) is 14.8 Å². The van der Waals surface area contributed by atoms with E-state index >= 15 is 0 Å². The number of hydrogen-bond donors (Lipinski definition) is 2. The molecule has 1 aliphatic heterocycles. The fourth-order valence-electron chi connectivity index (χ4n) is 3.93. The molecule has 1 amide bonds. The van der Waals surface area contributed by atoms with Crippen molar-refractivity contribution in [2.75, 3.05) is 17.2 Å². The van der Waals surface area contributed by atoms with Gasteiger partial charge in [0.05, 0.1) is 18.3 Å². The number of allylic oxidation sites excluding steroid dienone is 1. The van der Waals surface area contributed by atoms with Gasteiger partial charge in [-0.05, 0) is 70.0 Å². The molecule has 33 heavy (non-hydrogen) atoms. The van der Waals surface area contributed by atoms with E-state index in [0.717, 1.165) is 16.8 Å². The molecule has 1 aliphatic rings. The topological polar surface area (TPSA) is 90.3 Å². The number of fused-ring (bicyclic) bond motifs is 1. The zero-order chi connectivity index (χ0) is 23.5. The number of aromatic nitrogens is 3. The Balaban J connectivity index is 1.77. The molecule has 0 fully saturated rings. The monoisotopic (exact) mass is 447 g/mol. The second kappa shape index (κ2) is 9.36. The van der Waals surface area contributed by atoms with Crippen LogP contribution in [0.25, 0.3) is 0 Å². The maximum Gasteiger partial charge on any atom is 0.255 e. The van der Waals surface area contributed by atoms with Crippen LogP contribution in [0.3, 0.4) is 0 Å². The predicted octanol–water partition coefficient (Wildman–Crippen LogP) is 4.70. The van der Waals surface area contributed by atoms with E-state index in [0.29, 0.717) is 35.3 Å². The molecule has 0 saturated heterocycles. The lowest BCUT2D eigenvalue weighted by atomic mass is 9.94. The Labute approximate surface area is 193 Å². The number of amides is 1. The summed E-state index contributed by atoms with van der Waals surface area (Å²) in [4.78, 5) is 17.8. The smallest absolute Gasteiger partial charge is 0.255 e. The SMILES string of the molecule is CCOc1cc(C2C(C(=O)Nc3cccc(C)c3)=C(C)Nc3ncnn32)ccc1OC(C)C. The minimum Gasteiger partial charge on any atom is -0.490 e. The Morgan fingerprint density at radius 3 is 2.73 bits per heavy atom. The van der Waals surface area contributed by atoms with Crippen molar-refractivity contribution in [2.45, 2.75) is 46.8 Å². The molecule has 8 nitrogen and oxygen atoms in total. The molecular formula is C25H29N5O3. The van der Waals surface area contributed by atoms with Gasteiger partial charge in [0.1, 0.15) is 12.4 Å². The fourth-order valence-corrected chi connectivity index (χ4v) is 3.93. The zero-order valence-corrected chi connectivity index (χ0v) is 19.5. The molecule has 2 aromatic carbocycles. The summed E-state index contributed by atoms with van der Waals surface area (Å²) in [5.41, 5.74) is 3.91. The summed E-state index contributed by atoms with van der Waals surface area (Å²) < 4.78 is 13.5. The molecule has 0 spiro atoms. The molecule has 4 rings (SSSR count). The molecule has 3 aromatic rings. The second-order valence-electron chi connectivity index (χ2n) is 8.22.